The van der Waals surface area contributed by atoms with Gasteiger partial charge >= 0.3 is 0 Å². The van der Waals surface area contributed by atoms with Crippen molar-refractivity contribution in [2.75, 3.05) is 17.7 Å². The van der Waals surface area contributed by atoms with Crippen LogP contribution in [0.1, 0.15) is 41.5 Å². The fourth-order valence-electron chi connectivity index (χ4n) is 2.99. The summed E-state index contributed by atoms with van der Waals surface area (Å²) in [7, 11) is 1.49. The van der Waals surface area contributed by atoms with E-state index in [1.165, 1.54) is 13.2 Å². The molecule has 2 amide bonds. The topological polar surface area (TPSA) is 97.6 Å². The van der Waals surface area contributed by atoms with Crippen LogP contribution in [-0.4, -0.2) is 18.9 Å². The first-order chi connectivity index (χ1) is 15.3. The second-order valence-electron chi connectivity index (χ2n) is 9.98. The number of anilines is 2. The lowest BCUT2D eigenvalue weighted by Crippen LogP contribution is -2.28. The Hall–Kier alpha value is -3.61. The summed E-state index contributed by atoms with van der Waals surface area (Å²) in [5.74, 6) is 0.415. The molecule has 1 heterocycles. The van der Waals surface area contributed by atoms with Crippen LogP contribution in [0.25, 0.3) is 22.3 Å². The Labute approximate surface area is 193 Å². The van der Waals surface area contributed by atoms with Gasteiger partial charge in [-0.25, -0.2) is 0 Å². The number of hydrogen-bond acceptors (Lipinski definition) is 5. The lowest BCUT2D eigenvalue weighted by molar-refractivity contribution is -0.123. The Kier molecular flexibility index (Phi) is 6.36. The fraction of sp³-hybridized carbons (Fsp3) is 0.346. The third-order valence-corrected chi connectivity index (χ3v) is 5.10. The molecule has 33 heavy (non-hydrogen) atoms. The molecule has 3 aromatic rings. The van der Waals surface area contributed by atoms with Crippen LogP contribution >= 0.6 is 0 Å². The standard InChI is InChI=1S/C26H30N2O5/c1-25(2,3)23(30)27-16-10-8-15(9-11-16)20-14-18(29)21-17(28-24(31)26(4,5)6)12-13-19(32-7)22(21)33-20/h8-14H,1-7H3,(H,27,30)(H,28,31). The monoisotopic (exact) mass is 450 g/mol. The number of rotatable bonds is 4. The summed E-state index contributed by atoms with van der Waals surface area (Å²) < 4.78 is 11.5. The summed E-state index contributed by atoms with van der Waals surface area (Å²) in [6.45, 7) is 10.9. The predicted molar refractivity (Wildman–Crippen MR) is 131 cm³/mol. The van der Waals surface area contributed by atoms with Gasteiger partial charge in [0, 0.05) is 28.1 Å². The summed E-state index contributed by atoms with van der Waals surface area (Å²) in [6.07, 6.45) is 0. The molecule has 0 spiro atoms. The van der Waals surface area contributed by atoms with E-state index in [9.17, 15) is 14.4 Å². The van der Waals surface area contributed by atoms with Crippen molar-refractivity contribution in [3.05, 3.63) is 52.7 Å². The Morgan fingerprint density at radius 3 is 1.97 bits per heavy atom. The minimum atomic E-state index is -0.628. The minimum Gasteiger partial charge on any atom is -0.493 e. The normalized spacial score (nSPS) is 11.8. The minimum absolute atomic E-state index is 0.0953. The zero-order valence-electron chi connectivity index (χ0n) is 20.1. The molecule has 0 aliphatic heterocycles. The van der Waals surface area contributed by atoms with Crippen molar-refractivity contribution in [2.45, 2.75) is 41.5 Å². The van der Waals surface area contributed by atoms with E-state index in [1.54, 1.807) is 57.2 Å². The molecule has 2 aromatic carbocycles. The van der Waals surface area contributed by atoms with E-state index in [2.05, 4.69) is 10.6 Å². The average molecular weight is 451 g/mol. The predicted octanol–water partition coefficient (Wildman–Crippen LogP) is 5.44. The van der Waals surface area contributed by atoms with Crippen LogP contribution in [0.3, 0.4) is 0 Å². The molecule has 0 atom stereocenters. The lowest BCUT2D eigenvalue weighted by Gasteiger charge is -2.19. The number of hydrogen-bond donors (Lipinski definition) is 2. The van der Waals surface area contributed by atoms with E-state index in [0.29, 0.717) is 28.4 Å². The Morgan fingerprint density at radius 1 is 0.848 bits per heavy atom. The average Bonchev–Trinajstić information content (AvgIpc) is 2.72. The molecule has 7 nitrogen and oxygen atoms in total. The van der Waals surface area contributed by atoms with Crippen LogP contribution in [0, 0.1) is 10.8 Å². The lowest BCUT2D eigenvalue weighted by atomic mass is 9.95. The van der Waals surface area contributed by atoms with E-state index in [1.807, 2.05) is 20.8 Å². The molecule has 7 heteroatoms. The smallest absolute Gasteiger partial charge is 0.229 e. The summed E-state index contributed by atoms with van der Waals surface area (Å²) in [4.78, 5) is 37.8. The van der Waals surface area contributed by atoms with Gasteiger partial charge in [-0.3, -0.25) is 14.4 Å². The quantitative estimate of drug-likeness (QED) is 0.552. The summed E-state index contributed by atoms with van der Waals surface area (Å²) in [6, 6.07) is 11.7. The zero-order valence-corrected chi connectivity index (χ0v) is 20.1. The molecule has 174 valence electrons. The molecule has 0 fully saturated rings. The van der Waals surface area contributed by atoms with Crippen LogP contribution in [0.4, 0.5) is 11.4 Å². The van der Waals surface area contributed by atoms with Crippen molar-refractivity contribution < 1.29 is 18.7 Å². The number of fused-ring (bicyclic) bond motifs is 1. The summed E-state index contributed by atoms with van der Waals surface area (Å²) >= 11 is 0. The first kappa shape index (κ1) is 24.0. The fourth-order valence-corrected chi connectivity index (χ4v) is 2.99. The van der Waals surface area contributed by atoms with Crippen molar-refractivity contribution in [3.63, 3.8) is 0 Å². The van der Waals surface area contributed by atoms with E-state index in [-0.39, 0.29) is 28.2 Å². The van der Waals surface area contributed by atoms with Crippen molar-refractivity contribution >= 4 is 34.2 Å². The molecular formula is C26H30N2O5. The maximum absolute atomic E-state index is 13.1. The Bertz CT molecular complexity index is 1260. The van der Waals surface area contributed by atoms with Gasteiger partial charge in [0.1, 0.15) is 5.76 Å². The molecule has 0 saturated carbocycles. The number of carbonyl (C=O) groups is 2. The highest BCUT2D eigenvalue weighted by Gasteiger charge is 2.24. The van der Waals surface area contributed by atoms with Crippen LogP contribution in [0.5, 0.6) is 5.75 Å². The van der Waals surface area contributed by atoms with Crippen LogP contribution in [-0.2, 0) is 9.59 Å². The number of ether oxygens (including phenoxy) is 1. The third kappa shape index (κ3) is 5.25. The van der Waals surface area contributed by atoms with E-state index >= 15 is 0 Å². The van der Waals surface area contributed by atoms with Gasteiger partial charge in [0.05, 0.1) is 18.2 Å². The second-order valence-corrected chi connectivity index (χ2v) is 9.98. The van der Waals surface area contributed by atoms with Gasteiger partial charge in [0.2, 0.25) is 11.8 Å². The van der Waals surface area contributed by atoms with Crippen molar-refractivity contribution in [3.8, 4) is 17.1 Å². The third-order valence-electron chi connectivity index (χ3n) is 5.10. The Balaban J connectivity index is 2.03. The summed E-state index contributed by atoms with van der Waals surface area (Å²) in [5.41, 5.74) is 0.472. The van der Waals surface area contributed by atoms with Crippen LogP contribution < -0.4 is 20.8 Å². The van der Waals surface area contributed by atoms with Gasteiger partial charge < -0.3 is 19.8 Å². The van der Waals surface area contributed by atoms with E-state index in [4.69, 9.17) is 9.15 Å². The number of benzene rings is 2. The van der Waals surface area contributed by atoms with Gasteiger partial charge in [0.15, 0.2) is 16.8 Å². The maximum atomic E-state index is 13.1. The first-order valence-electron chi connectivity index (χ1n) is 10.7. The van der Waals surface area contributed by atoms with Gasteiger partial charge in [-0.2, -0.15) is 0 Å². The number of nitrogens with one attached hydrogen (secondary N) is 2. The number of carbonyl (C=O) groups excluding carboxylic acids is 2. The highest BCUT2D eigenvalue weighted by atomic mass is 16.5. The van der Waals surface area contributed by atoms with Crippen molar-refractivity contribution in [1.29, 1.82) is 0 Å². The molecule has 3 rings (SSSR count). The molecule has 0 saturated heterocycles. The molecular weight excluding hydrogens is 420 g/mol. The molecule has 0 aliphatic carbocycles. The van der Waals surface area contributed by atoms with Crippen LogP contribution in [0.15, 0.2) is 51.7 Å². The van der Waals surface area contributed by atoms with Crippen molar-refractivity contribution in [1.82, 2.24) is 0 Å². The number of methoxy groups -OCH3 is 1. The van der Waals surface area contributed by atoms with E-state index < -0.39 is 10.8 Å². The zero-order chi connectivity index (χ0) is 24.6. The molecule has 2 N–H and O–H groups in total. The molecule has 0 radical (unpaired) electrons. The van der Waals surface area contributed by atoms with Gasteiger partial charge in [-0.05, 0) is 36.4 Å². The molecule has 1 aromatic heterocycles. The SMILES string of the molecule is COc1ccc(NC(=O)C(C)(C)C)c2c(=O)cc(-c3ccc(NC(=O)C(C)(C)C)cc3)oc12. The molecule has 0 bridgehead atoms. The highest BCUT2D eigenvalue weighted by Crippen LogP contribution is 2.33. The largest absolute Gasteiger partial charge is 0.493 e. The molecule has 0 aliphatic rings. The van der Waals surface area contributed by atoms with Crippen molar-refractivity contribution in [2.24, 2.45) is 10.8 Å². The van der Waals surface area contributed by atoms with E-state index in [0.717, 1.165) is 0 Å². The first-order valence-corrected chi connectivity index (χ1v) is 10.7. The molecule has 0 unspecified atom stereocenters. The highest BCUT2D eigenvalue weighted by molar-refractivity contribution is 6.04. The van der Waals surface area contributed by atoms with Crippen LogP contribution in [0.2, 0.25) is 0 Å². The second kappa shape index (κ2) is 8.73. The number of amides is 2. The maximum Gasteiger partial charge on any atom is 0.229 e. The van der Waals surface area contributed by atoms with Gasteiger partial charge in [-0.1, -0.05) is 41.5 Å². The van der Waals surface area contributed by atoms with Gasteiger partial charge in [0.25, 0.3) is 0 Å². The summed E-state index contributed by atoms with van der Waals surface area (Å²) in [5, 5.41) is 5.93. The Morgan fingerprint density at radius 2 is 1.42 bits per heavy atom. The van der Waals surface area contributed by atoms with Gasteiger partial charge in [-0.15, -0.1) is 0 Å².